The summed E-state index contributed by atoms with van der Waals surface area (Å²) in [5.41, 5.74) is 3.18. The van der Waals surface area contributed by atoms with Crippen molar-refractivity contribution in [2.75, 3.05) is 0 Å². The third kappa shape index (κ3) is 3.81. The summed E-state index contributed by atoms with van der Waals surface area (Å²) in [6, 6.07) is 20.3. The molecule has 0 aliphatic heterocycles. The zero-order valence-corrected chi connectivity index (χ0v) is 15.2. The predicted octanol–water partition coefficient (Wildman–Crippen LogP) is 4.29. The first-order valence-electron chi connectivity index (χ1n) is 8.91. The molecule has 1 unspecified atom stereocenters. The summed E-state index contributed by atoms with van der Waals surface area (Å²) in [7, 11) is 0. The Hall–Kier alpha value is -3.80. The van der Waals surface area contributed by atoms with Crippen LogP contribution in [0.1, 0.15) is 28.9 Å². The lowest BCUT2D eigenvalue weighted by molar-refractivity contribution is 0.0940. The Bertz CT molecular complexity index is 1060. The van der Waals surface area contributed by atoms with Gasteiger partial charge < -0.3 is 9.73 Å². The Morgan fingerprint density at radius 2 is 1.46 bits per heavy atom. The molecule has 2 aromatic carbocycles. The van der Waals surface area contributed by atoms with E-state index in [-0.39, 0.29) is 11.9 Å². The molecule has 0 aliphatic carbocycles. The van der Waals surface area contributed by atoms with Crippen LogP contribution in [0.5, 0.6) is 0 Å². The summed E-state index contributed by atoms with van der Waals surface area (Å²) in [6.45, 7) is 1.94. The highest BCUT2D eigenvalue weighted by Crippen LogP contribution is 2.24. The molecule has 28 heavy (non-hydrogen) atoms. The van der Waals surface area contributed by atoms with E-state index in [2.05, 4.69) is 20.5 Å². The van der Waals surface area contributed by atoms with Crippen LogP contribution in [-0.2, 0) is 0 Å². The molecule has 4 rings (SSSR count). The second kappa shape index (κ2) is 7.84. The van der Waals surface area contributed by atoms with Crippen molar-refractivity contribution in [2.24, 2.45) is 0 Å². The number of pyridine rings is 1. The fourth-order valence-corrected chi connectivity index (χ4v) is 2.82. The van der Waals surface area contributed by atoms with Crippen LogP contribution in [0, 0.1) is 0 Å². The van der Waals surface area contributed by atoms with Gasteiger partial charge in [0, 0.05) is 29.1 Å². The van der Waals surface area contributed by atoms with Crippen LogP contribution >= 0.6 is 0 Å². The van der Waals surface area contributed by atoms with Crippen molar-refractivity contribution >= 4 is 5.91 Å². The average molecular weight is 370 g/mol. The van der Waals surface area contributed by atoms with Gasteiger partial charge in [-0.3, -0.25) is 9.78 Å². The van der Waals surface area contributed by atoms with Gasteiger partial charge in [0.15, 0.2) is 0 Å². The fourth-order valence-electron chi connectivity index (χ4n) is 2.82. The lowest BCUT2D eigenvalue weighted by Gasteiger charge is -2.14. The Morgan fingerprint density at radius 3 is 2.11 bits per heavy atom. The fraction of sp³-hybridized carbons (Fsp3) is 0.0909. The van der Waals surface area contributed by atoms with Gasteiger partial charge in [0.05, 0.1) is 6.04 Å². The maximum Gasteiger partial charge on any atom is 0.251 e. The highest BCUT2D eigenvalue weighted by Gasteiger charge is 2.13. The first-order valence-corrected chi connectivity index (χ1v) is 8.91. The van der Waals surface area contributed by atoms with Gasteiger partial charge in [-0.15, -0.1) is 10.2 Å². The number of hydrogen-bond donors (Lipinski definition) is 1. The van der Waals surface area contributed by atoms with Crippen LogP contribution in [0.25, 0.3) is 22.9 Å². The zero-order chi connectivity index (χ0) is 19.3. The third-order valence-corrected chi connectivity index (χ3v) is 4.39. The number of carbonyl (C=O) groups is 1. The van der Waals surface area contributed by atoms with Crippen LogP contribution in [0.2, 0.25) is 0 Å². The number of amides is 1. The molecule has 0 spiro atoms. The Balaban J connectivity index is 1.47. The van der Waals surface area contributed by atoms with E-state index in [9.17, 15) is 4.79 Å². The predicted molar refractivity (Wildman–Crippen MR) is 105 cm³/mol. The number of hydrogen-bond acceptors (Lipinski definition) is 5. The van der Waals surface area contributed by atoms with E-state index >= 15 is 0 Å². The van der Waals surface area contributed by atoms with Gasteiger partial charge in [-0.2, -0.15) is 0 Å². The van der Waals surface area contributed by atoms with Crippen molar-refractivity contribution in [3.05, 3.63) is 90.3 Å². The molecule has 0 radical (unpaired) electrons. The van der Waals surface area contributed by atoms with Crippen molar-refractivity contribution in [3.63, 3.8) is 0 Å². The summed E-state index contributed by atoms with van der Waals surface area (Å²) in [6.07, 6.45) is 3.42. The molecule has 1 N–H and O–H groups in total. The van der Waals surface area contributed by atoms with Crippen LogP contribution < -0.4 is 5.32 Å². The van der Waals surface area contributed by atoms with Crippen molar-refractivity contribution in [3.8, 4) is 22.9 Å². The summed E-state index contributed by atoms with van der Waals surface area (Å²) < 4.78 is 5.75. The summed E-state index contributed by atoms with van der Waals surface area (Å²) >= 11 is 0. The third-order valence-electron chi connectivity index (χ3n) is 4.39. The van der Waals surface area contributed by atoms with E-state index in [1.165, 1.54) is 0 Å². The van der Waals surface area contributed by atoms with E-state index in [0.717, 1.165) is 16.7 Å². The molecular weight excluding hydrogens is 352 g/mol. The first-order chi connectivity index (χ1) is 13.7. The van der Waals surface area contributed by atoms with Crippen molar-refractivity contribution in [1.82, 2.24) is 20.5 Å². The summed E-state index contributed by atoms with van der Waals surface area (Å²) in [4.78, 5) is 16.5. The number of nitrogens with zero attached hydrogens (tertiary/aromatic N) is 3. The molecule has 2 aromatic heterocycles. The first kappa shape index (κ1) is 17.6. The quantitative estimate of drug-likeness (QED) is 0.567. The van der Waals surface area contributed by atoms with Crippen LogP contribution in [0.15, 0.2) is 83.5 Å². The molecule has 0 saturated heterocycles. The Kier molecular flexibility index (Phi) is 4.93. The standard InChI is InChI=1S/C22H18N4O2/c1-15(16-11-13-23-14-12-16)24-20(27)17-7-9-19(10-8-17)22-26-25-21(28-22)18-5-3-2-4-6-18/h2-15H,1H3,(H,24,27). The second-order valence-electron chi connectivity index (χ2n) is 6.33. The van der Waals surface area contributed by atoms with Crippen LogP contribution in [0.3, 0.4) is 0 Å². The molecule has 0 bridgehead atoms. The highest BCUT2D eigenvalue weighted by atomic mass is 16.4. The molecular formula is C22H18N4O2. The molecule has 6 heteroatoms. The highest BCUT2D eigenvalue weighted by molar-refractivity contribution is 5.94. The smallest absolute Gasteiger partial charge is 0.251 e. The van der Waals surface area contributed by atoms with Crippen molar-refractivity contribution in [2.45, 2.75) is 13.0 Å². The number of aromatic nitrogens is 3. The van der Waals surface area contributed by atoms with Gasteiger partial charge in [-0.05, 0) is 61.0 Å². The molecule has 0 aliphatic rings. The minimum absolute atomic E-state index is 0.112. The minimum atomic E-state index is -0.147. The molecule has 138 valence electrons. The maximum absolute atomic E-state index is 12.5. The molecule has 4 aromatic rings. The maximum atomic E-state index is 12.5. The molecule has 1 amide bonds. The number of nitrogens with one attached hydrogen (secondary N) is 1. The van der Waals surface area contributed by atoms with Gasteiger partial charge in [0.2, 0.25) is 11.8 Å². The van der Waals surface area contributed by atoms with Crippen molar-refractivity contribution < 1.29 is 9.21 Å². The second-order valence-corrected chi connectivity index (χ2v) is 6.33. The lowest BCUT2D eigenvalue weighted by atomic mass is 10.1. The van der Waals surface area contributed by atoms with E-state index in [0.29, 0.717) is 17.3 Å². The monoisotopic (exact) mass is 370 g/mol. The largest absolute Gasteiger partial charge is 0.416 e. The molecule has 0 saturated carbocycles. The van der Waals surface area contributed by atoms with E-state index in [1.807, 2.05) is 49.4 Å². The van der Waals surface area contributed by atoms with Gasteiger partial charge in [0.25, 0.3) is 5.91 Å². The normalized spacial score (nSPS) is 11.8. The molecule has 6 nitrogen and oxygen atoms in total. The minimum Gasteiger partial charge on any atom is -0.416 e. The topological polar surface area (TPSA) is 80.9 Å². The number of rotatable bonds is 5. The van der Waals surface area contributed by atoms with E-state index < -0.39 is 0 Å². The van der Waals surface area contributed by atoms with Crippen LogP contribution in [-0.4, -0.2) is 21.1 Å². The van der Waals surface area contributed by atoms with Gasteiger partial charge in [0.1, 0.15) is 0 Å². The molecule has 1 atom stereocenters. The van der Waals surface area contributed by atoms with Gasteiger partial charge in [-0.25, -0.2) is 0 Å². The number of carbonyl (C=O) groups excluding carboxylic acids is 1. The number of benzene rings is 2. The Labute approximate surface area is 162 Å². The Morgan fingerprint density at radius 1 is 0.857 bits per heavy atom. The molecule has 0 fully saturated rings. The van der Waals surface area contributed by atoms with E-state index in [1.54, 1.807) is 36.7 Å². The zero-order valence-electron chi connectivity index (χ0n) is 15.2. The van der Waals surface area contributed by atoms with Gasteiger partial charge in [-0.1, -0.05) is 18.2 Å². The lowest BCUT2D eigenvalue weighted by Crippen LogP contribution is -2.26. The van der Waals surface area contributed by atoms with E-state index in [4.69, 9.17) is 4.42 Å². The van der Waals surface area contributed by atoms with Gasteiger partial charge >= 0.3 is 0 Å². The summed E-state index contributed by atoms with van der Waals surface area (Å²) in [5, 5.41) is 11.2. The molecule has 2 heterocycles. The summed E-state index contributed by atoms with van der Waals surface area (Å²) in [5.74, 6) is 0.728. The van der Waals surface area contributed by atoms with Crippen LogP contribution in [0.4, 0.5) is 0 Å². The SMILES string of the molecule is CC(NC(=O)c1ccc(-c2nnc(-c3ccccc3)o2)cc1)c1ccncc1. The average Bonchev–Trinajstić information content (AvgIpc) is 3.25. The van der Waals surface area contributed by atoms with Crippen molar-refractivity contribution in [1.29, 1.82) is 0 Å².